The molecule has 1 aliphatic carbocycles. The molecular weight excluding hydrogens is 226 g/mol. The molecule has 1 aromatic heterocycles. The molecule has 1 amide bonds. The molecule has 4 nitrogen and oxygen atoms in total. The van der Waals surface area contributed by atoms with Crippen LogP contribution in [-0.2, 0) is 0 Å². The quantitative estimate of drug-likeness (QED) is 0.868. The van der Waals surface area contributed by atoms with Crippen LogP contribution in [0.3, 0.4) is 0 Å². The Morgan fingerprint density at radius 2 is 2.28 bits per heavy atom. The third-order valence-electron chi connectivity index (χ3n) is 3.46. The average Bonchev–Trinajstić information content (AvgIpc) is 3.04. The smallest absolute Gasteiger partial charge is 0.272 e. The number of carbonyl (C=O) groups excluding carboxylic acids is 1. The van der Waals surface area contributed by atoms with Crippen molar-refractivity contribution in [2.24, 2.45) is 11.8 Å². The Hall–Kier alpha value is -1.58. The van der Waals surface area contributed by atoms with Gasteiger partial charge in [-0.3, -0.25) is 4.79 Å². The van der Waals surface area contributed by atoms with E-state index in [1.807, 2.05) is 26.1 Å². The summed E-state index contributed by atoms with van der Waals surface area (Å²) in [6.45, 7) is 5.89. The lowest BCUT2D eigenvalue weighted by Crippen LogP contribution is -2.29. The molecular formula is C14H21N3O. The van der Waals surface area contributed by atoms with E-state index < -0.39 is 0 Å². The Labute approximate surface area is 108 Å². The lowest BCUT2D eigenvalue weighted by atomic mass is 10.2. The number of amides is 1. The first-order valence-corrected chi connectivity index (χ1v) is 6.58. The van der Waals surface area contributed by atoms with Gasteiger partial charge in [0.05, 0.1) is 0 Å². The van der Waals surface area contributed by atoms with Crippen LogP contribution < -0.4 is 5.32 Å². The number of hydrogen-bond acceptors (Lipinski definition) is 3. The predicted molar refractivity (Wildman–Crippen MR) is 72.6 cm³/mol. The zero-order valence-electron chi connectivity index (χ0n) is 11.3. The van der Waals surface area contributed by atoms with E-state index >= 15 is 0 Å². The number of carbonyl (C=O) groups is 1. The molecule has 0 spiro atoms. The summed E-state index contributed by atoms with van der Waals surface area (Å²) in [5.74, 6) is 2.21. The van der Waals surface area contributed by atoms with E-state index in [0.29, 0.717) is 11.6 Å². The van der Waals surface area contributed by atoms with Crippen LogP contribution in [0.5, 0.6) is 0 Å². The van der Waals surface area contributed by atoms with Gasteiger partial charge in [-0.1, -0.05) is 13.0 Å². The van der Waals surface area contributed by atoms with Crippen molar-refractivity contribution in [2.45, 2.75) is 20.3 Å². The molecule has 0 aromatic carbocycles. The van der Waals surface area contributed by atoms with Gasteiger partial charge in [-0.2, -0.15) is 0 Å². The standard InChI is InChI=1S/C14H21N3O/c1-4-15-13-7-5-6-12(16-13)14(18)17(3)9-11-8-10(11)2/h5-7,10-11H,4,8-9H2,1-3H3,(H,15,16). The van der Waals surface area contributed by atoms with E-state index in [1.54, 1.807) is 11.0 Å². The SMILES string of the molecule is CCNc1cccc(C(=O)N(C)CC2CC2C)n1. The molecule has 0 radical (unpaired) electrons. The maximum absolute atomic E-state index is 12.2. The highest BCUT2D eigenvalue weighted by molar-refractivity contribution is 5.92. The third-order valence-corrected chi connectivity index (χ3v) is 3.46. The molecule has 1 fully saturated rings. The van der Waals surface area contributed by atoms with Gasteiger partial charge >= 0.3 is 0 Å². The summed E-state index contributed by atoms with van der Waals surface area (Å²) < 4.78 is 0. The summed E-state index contributed by atoms with van der Waals surface area (Å²) in [5, 5.41) is 3.12. The minimum atomic E-state index is 0.00820. The van der Waals surface area contributed by atoms with Gasteiger partial charge in [-0.15, -0.1) is 0 Å². The fraction of sp³-hybridized carbons (Fsp3) is 0.571. The Balaban J connectivity index is 2.00. The van der Waals surface area contributed by atoms with Crippen LogP contribution in [0, 0.1) is 11.8 Å². The van der Waals surface area contributed by atoms with Crippen molar-refractivity contribution in [3.05, 3.63) is 23.9 Å². The molecule has 1 heterocycles. The predicted octanol–water partition coefficient (Wildman–Crippen LogP) is 2.24. The molecule has 98 valence electrons. The first-order chi connectivity index (χ1) is 8.61. The fourth-order valence-corrected chi connectivity index (χ4v) is 2.12. The molecule has 4 heteroatoms. The highest BCUT2D eigenvalue weighted by Gasteiger charge is 2.34. The molecule has 1 saturated carbocycles. The normalized spacial score (nSPS) is 21.5. The zero-order valence-corrected chi connectivity index (χ0v) is 11.3. The van der Waals surface area contributed by atoms with Gasteiger partial charge in [0.1, 0.15) is 11.5 Å². The molecule has 0 bridgehead atoms. The van der Waals surface area contributed by atoms with Gasteiger partial charge < -0.3 is 10.2 Å². The van der Waals surface area contributed by atoms with E-state index in [4.69, 9.17) is 0 Å². The van der Waals surface area contributed by atoms with E-state index in [2.05, 4.69) is 17.2 Å². The van der Waals surface area contributed by atoms with Crippen LogP contribution in [0.4, 0.5) is 5.82 Å². The maximum Gasteiger partial charge on any atom is 0.272 e. The second kappa shape index (κ2) is 5.38. The number of nitrogens with one attached hydrogen (secondary N) is 1. The van der Waals surface area contributed by atoms with Crippen LogP contribution in [-0.4, -0.2) is 35.9 Å². The molecule has 2 unspecified atom stereocenters. The first-order valence-electron chi connectivity index (χ1n) is 6.58. The van der Waals surface area contributed by atoms with Crippen molar-refractivity contribution in [3.63, 3.8) is 0 Å². The van der Waals surface area contributed by atoms with E-state index in [9.17, 15) is 4.79 Å². The molecule has 0 aliphatic heterocycles. The van der Waals surface area contributed by atoms with Crippen LogP contribution in [0.15, 0.2) is 18.2 Å². The topological polar surface area (TPSA) is 45.2 Å². The summed E-state index contributed by atoms with van der Waals surface area (Å²) in [6.07, 6.45) is 1.24. The number of anilines is 1. The van der Waals surface area contributed by atoms with Crippen LogP contribution in [0.1, 0.15) is 30.8 Å². The Kier molecular flexibility index (Phi) is 3.84. The second-order valence-corrected chi connectivity index (χ2v) is 5.10. The average molecular weight is 247 g/mol. The highest BCUT2D eigenvalue weighted by Crippen LogP contribution is 2.38. The molecule has 18 heavy (non-hydrogen) atoms. The fourth-order valence-electron chi connectivity index (χ4n) is 2.12. The molecule has 2 atom stereocenters. The number of aromatic nitrogens is 1. The van der Waals surface area contributed by atoms with Crippen molar-refractivity contribution in [2.75, 3.05) is 25.5 Å². The number of nitrogens with zero attached hydrogens (tertiary/aromatic N) is 2. The van der Waals surface area contributed by atoms with Gasteiger partial charge in [-0.25, -0.2) is 4.98 Å². The first kappa shape index (κ1) is 12.9. The summed E-state index contributed by atoms with van der Waals surface area (Å²) in [4.78, 5) is 18.3. The molecule has 1 aliphatic rings. The molecule has 1 N–H and O–H groups in total. The van der Waals surface area contributed by atoms with E-state index in [-0.39, 0.29) is 5.91 Å². The van der Waals surface area contributed by atoms with Crippen molar-refractivity contribution < 1.29 is 4.79 Å². The van der Waals surface area contributed by atoms with E-state index in [0.717, 1.165) is 24.8 Å². The van der Waals surface area contributed by atoms with Crippen molar-refractivity contribution in [1.29, 1.82) is 0 Å². The lowest BCUT2D eigenvalue weighted by molar-refractivity contribution is 0.0781. The molecule has 0 saturated heterocycles. The lowest BCUT2D eigenvalue weighted by Gasteiger charge is -2.16. The molecule has 1 aromatic rings. The Morgan fingerprint density at radius 3 is 2.89 bits per heavy atom. The summed E-state index contributed by atoms with van der Waals surface area (Å²) in [7, 11) is 1.86. The van der Waals surface area contributed by atoms with Gasteiger partial charge in [0.15, 0.2) is 0 Å². The van der Waals surface area contributed by atoms with Crippen molar-refractivity contribution in [1.82, 2.24) is 9.88 Å². The summed E-state index contributed by atoms with van der Waals surface area (Å²) in [5.41, 5.74) is 0.518. The number of rotatable bonds is 5. The van der Waals surface area contributed by atoms with Crippen LogP contribution >= 0.6 is 0 Å². The van der Waals surface area contributed by atoms with E-state index in [1.165, 1.54) is 6.42 Å². The number of pyridine rings is 1. The Morgan fingerprint density at radius 1 is 1.56 bits per heavy atom. The number of hydrogen-bond donors (Lipinski definition) is 1. The minimum Gasteiger partial charge on any atom is -0.370 e. The Bertz CT molecular complexity index is 433. The summed E-state index contributed by atoms with van der Waals surface area (Å²) in [6, 6.07) is 5.52. The van der Waals surface area contributed by atoms with Gasteiger partial charge in [0.25, 0.3) is 5.91 Å². The van der Waals surface area contributed by atoms with Crippen LogP contribution in [0.2, 0.25) is 0 Å². The van der Waals surface area contributed by atoms with Gasteiger partial charge in [0, 0.05) is 20.1 Å². The monoisotopic (exact) mass is 247 g/mol. The van der Waals surface area contributed by atoms with Crippen molar-refractivity contribution >= 4 is 11.7 Å². The third kappa shape index (κ3) is 3.00. The van der Waals surface area contributed by atoms with Gasteiger partial charge in [-0.05, 0) is 37.3 Å². The second-order valence-electron chi connectivity index (χ2n) is 5.10. The largest absolute Gasteiger partial charge is 0.370 e. The maximum atomic E-state index is 12.2. The van der Waals surface area contributed by atoms with Crippen molar-refractivity contribution in [3.8, 4) is 0 Å². The minimum absolute atomic E-state index is 0.00820. The summed E-state index contributed by atoms with van der Waals surface area (Å²) >= 11 is 0. The van der Waals surface area contributed by atoms with Gasteiger partial charge in [0.2, 0.25) is 0 Å². The molecule has 2 rings (SSSR count). The zero-order chi connectivity index (χ0) is 13.1. The van der Waals surface area contributed by atoms with Crippen LogP contribution in [0.25, 0.3) is 0 Å². The highest BCUT2D eigenvalue weighted by atomic mass is 16.2.